The van der Waals surface area contributed by atoms with Gasteiger partial charge in [0.15, 0.2) is 5.78 Å². The van der Waals surface area contributed by atoms with Gasteiger partial charge in [-0.2, -0.15) is 0 Å². The first kappa shape index (κ1) is 34.5. The Morgan fingerprint density at radius 2 is 1.89 bits per heavy atom. The summed E-state index contributed by atoms with van der Waals surface area (Å²) in [4.78, 5) is 25.6. The van der Waals surface area contributed by atoms with Crippen molar-refractivity contribution in [3.8, 4) is 0 Å². The Morgan fingerprint density at radius 3 is 2.53 bits per heavy atom. The second-order valence-corrected chi connectivity index (χ2v) is 11.8. The van der Waals surface area contributed by atoms with Gasteiger partial charge in [0, 0.05) is 32.1 Å². The van der Waals surface area contributed by atoms with E-state index in [1.165, 1.54) is 45.6 Å². The highest BCUT2D eigenvalue weighted by atomic mass is 16.5. The minimum absolute atomic E-state index is 0.137. The topological polar surface area (TPSA) is 105 Å². The number of aliphatic hydroxyl groups is 2. The Bertz CT molecular complexity index is 776. The summed E-state index contributed by atoms with van der Waals surface area (Å²) in [5, 5.41) is 24.5. The van der Waals surface area contributed by atoms with Crippen LogP contribution in [-0.4, -0.2) is 67.1 Å². The van der Waals surface area contributed by atoms with Crippen LogP contribution in [0.15, 0.2) is 23.8 Å². The maximum absolute atomic E-state index is 13.1. The van der Waals surface area contributed by atoms with Crippen molar-refractivity contribution in [1.29, 1.82) is 0 Å². The highest BCUT2D eigenvalue weighted by molar-refractivity contribution is 6.02. The van der Waals surface area contributed by atoms with Gasteiger partial charge in [0.25, 0.3) is 0 Å². The summed E-state index contributed by atoms with van der Waals surface area (Å²) in [6, 6.07) is 0. The van der Waals surface area contributed by atoms with Crippen molar-refractivity contribution in [3.63, 3.8) is 0 Å². The predicted molar refractivity (Wildman–Crippen MR) is 153 cm³/mol. The molecule has 0 bridgehead atoms. The number of Topliss-reactive ketones (excluding diaryl/α,β-unsaturated/α-hetero) is 1. The van der Waals surface area contributed by atoms with Crippen LogP contribution in [0.5, 0.6) is 0 Å². The number of carbonyl (C=O) groups is 2. The normalized spacial score (nSPS) is 22.7. The highest BCUT2D eigenvalue weighted by Crippen LogP contribution is 2.39. The molecule has 0 radical (unpaired) electrons. The van der Waals surface area contributed by atoms with Crippen LogP contribution in [0.4, 0.5) is 0 Å². The third-order valence-electron chi connectivity index (χ3n) is 7.86. The summed E-state index contributed by atoms with van der Waals surface area (Å²) in [5.74, 6) is -0.222. The molecule has 5 atom stereocenters. The molecule has 0 aromatic rings. The number of carbonyl (C=O) groups excluding carboxylic acids is 2. The number of hydrogen-bond acceptors (Lipinski definition) is 6. The lowest BCUT2D eigenvalue weighted by molar-refractivity contribution is -0.136. The van der Waals surface area contributed by atoms with E-state index in [0.717, 1.165) is 12.8 Å². The molecule has 7 nitrogen and oxygen atoms in total. The molecule has 7 heteroatoms. The molecule has 0 saturated heterocycles. The van der Waals surface area contributed by atoms with Crippen molar-refractivity contribution in [2.24, 2.45) is 17.3 Å². The van der Waals surface area contributed by atoms with Crippen LogP contribution in [0.25, 0.3) is 0 Å². The van der Waals surface area contributed by atoms with E-state index in [9.17, 15) is 19.8 Å². The number of hydrogen-bond donors (Lipinski definition) is 3. The quantitative estimate of drug-likeness (QED) is 0.156. The molecule has 38 heavy (non-hydrogen) atoms. The lowest BCUT2D eigenvalue weighted by Gasteiger charge is -2.41. The van der Waals surface area contributed by atoms with Crippen LogP contribution in [0.3, 0.4) is 0 Å². The van der Waals surface area contributed by atoms with Gasteiger partial charge in [-0.25, -0.2) is 0 Å². The Morgan fingerprint density at radius 1 is 1.21 bits per heavy atom. The third-order valence-corrected chi connectivity index (χ3v) is 7.86. The first-order valence-corrected chi connectivity index (χ1v) is 14.5. The standard InChI is InChI=1S/C31H55NO6/c1-8-9-10-11-13-16-23(2)19-25(38-7)17-14-12-15-18-27(33)32-21-31(36,22-37-6)26-20-24(3)28(34)30(4,5)29(26)35/h12,14,20,23-25,28,34,36H,8-11,13,15-19,21-22H2,1-7H3,(H,32,33)/b14-12+/t23-,24+,25-,28+,31-/m0/s1. The average Bonchev–Trinajstić information content (AvgIpc) is 2.87. The zero-order valence-electron chi connectivity index (χ0n) is 25.1. The minimum Gasteiger partial charge on any atom is -0.391 e. The van der Waals surface area contributed by atoms with E-state index >= 15 is 0 Å². The minimum atomic E-state index is -1.67. The summed E-state index contributed by atoms with van der Waals surface area (Å²) in [6.45, 7) is 9.41. The van der Waals surface area contributed by atoms with E-state index in [1.807, 2.05) is 6.08 Å². The summed E-state index contributed by atoms with van der Waals surface area (Å²) >= 11 is 0. The van der Waals surface area contributed by atoms with Crippen molar-refractivity contribution in [1.82, 2.24) is 5.32 Å². The van der Waals surface area contributed by atoms with E-state index in [-0.39, 0.29) is 48.9 Å². The Kier molecular flexibility index (Phi) is 15.6. The van der Waals surface area contributed by atoms with Crippen LogP contribution in [0, 0.1) is 17.3 Å². The lowest BCUT2D eigenvalue weighted by Crippen LogP contribution is -2.55. The Hall–Kier alpha value is -1.54. The summed E-state index contributed by atoms with van der Waals surface area (Å²) in [6.07, 6.45) is 15.5. The highest BCUT2D eigenvalue weighted by Gasteiger charge is 2.49. The number of nitrogens with one attached hydrogen (secondary N) is 1. The third kappa shape index (κ3) is 10.9. The molecule has 0 saturated carbocycles. The van der Waals surface area contributed by atoms with Gasteiger partial charge in [-0.15, -0.1) is 0 Å². The van der Waals surface area contributed by atoms with Crippen LogP contribution in [0.1, 0.15) is 98.8 Å². The van der Waals surface area contributed by atoms with E-state index < -0.39 is 17.1 Å². The Labute approximate surface area is 231 Å². The van der Waals surface area contributed by atoms with Crippen molar-refractivity contribution >= 4 is 11.7 Å². The van der Waals surface area contributed by atoms with Gasteiger partial charge >= 0.3 is 0 Å². The number of ketones is 1. The first-order chi connectivity index (χ1) is 17.9. The second kappa shape index (κ2) is 17.2. The molecule has 1 aliphatic carbocycles. The molecule has 1 amide bonds. The zero-order chi connectivity index (χ0) is 28.8. The largest absolute Gasteiger partial charge is 0.391 e. The van der Waals surface area contributed by atoms with E-state index in [0.29, 0.717) is 12.3 Å². The number of amides is 1. The summed E-state index contributed by atoms with van der Waals surface area (Å²) in [5.41, 5.74) is -2.52. The molecule has 0 aliphatic heterocycles. The molecule has 0 spiro atoms. The molecular formula is C31H55NO6. The molecule has 220 valence electrons. The van der Waals surface area contributed by atoms with Gasteiger partial charge in [-0.3, -0.25) is 9.59 Å². The van der Waals surface area contributed by atoms with Crippen molar-refractivity contribution in [2.45, 2.75) is 117 Å². The molecule has 0 fully saturated rings. The number of aliphatic hydroxyl groups excluding tert-OH is 1. The molecule has 0 aromatic carbocycles. The SMILES string of the molecule is CCCCCCC[C@H](C)C[C@H](C/C=C/CCC(=O)NC[C@](O)(COC)C1=C[C@@H](C)[C@@H](O)C(C)(C)C1=O)OC. The van der Waals surface area contributed by atoms with Crippen LogP contribution in [-0.2, 0) is 19.1 Å². The summed E-state index contributed by atoms with van der Waals surface area (Å²) in [7, 11) is 3.20. The van der Waals surface area contributed by atoms with Crippen molar-refractivity contribution in [2.75, 3.05) is 27.4 Å². The Balaban J connectivity index is 2.51. The van der Waals surface area contributed by atoms with Crippen molar-refractivity contribution < 1.29 is 29.3 Å². The monoisotopic (exact) mass is 537 g/mol. The molecule has 0 aromatic heterocycles. The molecular weight excluding hydrogens is 482 g/mol. The maximum Gasteiger partial charge on any atom is 0.220 e. The van der Waals surface area contributed by atoms with E-state index in [1.54, 1.807) is 34.0 Å². The van der Waals surface area contributed by atoms with Gasteiger partial charge in [0.2, 0.25) is 5.91 Å². The van der Waals surface area contributed by atoms with Gasteiger partial charge in [-0.05, 0) is 25.2 Å². The second-order valence-electron chi connectivity index (χ2n) is 11.8. The molecule has 0 heterocycles. The number of allylic oxidation sites excluding steroid dienone is 1. The molecule has 1 rings (SSSR count). The van der Waals surface area contributed by atoms with Gasteiger partial charge in [0.05, 0.1) is 30.8 Å². The first-order valence-electron chi connectivity index (χ1n) is 14.5. The fourth-order valence-electron chi connectivity index (χ4n) is 5.26. The number of methoxy groups -OCH3 is 2. The number of unbranched alkanes of at least 4 members (excludes halogenated alkanes) is 4. The van der Waals surface area contributed by atoms with Gasteiger partial charge < -0.3 is 25.0 Å². The summed E-state index contributed by atoms with van der Waals surface area (Å²) < 4.78 is 10.9. The fourth-order valence-corrected chi connectivity index (χ4v) is 5.26. The predicted octanol–water partition coefficient (Wildman–Crippen LogP) is 5.14. The van der Waals surface area contributed by atoms with Crippen LogP contribution < -0.4 is 5.32 Å². The van der Waals surface area contributed by atoms with Crippen molar-refractivity contribution in [3.05, 3.63) is 23.8 Å². The number of rotatable bonds is 19. The lowest BCUT2D eigenvalue weighted by atomic mass is 9.66. The fraction of sp³-hybridized carbons (Fsp3) is 0.806. The molecule has 0 unspecified atom stereocenters. The van der Waals surface area contributed by atoms with Crippen LogP contribution >= 0.6 is 0 Å². The molecule has 3 N–H and O–H groups in total. The van der Waals surface area contributed by atoms with Gasteiger partial charge in [-0.1, -0.05) is 91.4 Å². The van der Waals surface area contributed by atoms with Gasteiger partial charge in [0.1, 0.15) is 5.60 Å². The zero-order valence-corrected chi connectivity index (χ0v) is 25.1. The van der Waals surface area contributed by atoms with E-state index in [4.69, 9.17) is 9.47 Å². The average molecular weight is 538 g/mol. The van der Waals surface area contributed by atoms with E-state index in [2.05, 4.69) is 25.2 Å². The smallest absolute Gasteiger partial charge is 0.220 e. The number of ether oxygens (including phenoxy) is 2. The maximum atomic E-state index is 13.1. The van der Waals surface area contributed by atoms with Crippen LogP contribution in [0.2, 0.25) is 0 Å². The molecule has 1 aliphatic rings.